The summed E-state index contributed by atoms with van der Waals surface area (Å²) in [6.45, 7) is 6.71. The fraction of sp³-hybridized carbons (Fsp3) is 1.00. The maximum absolute atomic E-state index is 13.5. The minimum Gasteiger partial charge on any atom is -0.199 e. The molecule has 0 aromatic heterocycles. The SMILES string of the molecule is CC(C)(C)C(F)(F)C(F)(F)C(C)(C)C. The molecule has 0 unspecified atom stereocenters. The van der Waals surface area contributed by atoms with Gasteiger partial charge in [-0.05, 0) is 0 Å². The van der Waals surface area contributed by atoms with Gasteiger partial charge in [-0.2, -0.15) is 17.6 Å². The maximum atomic E-state index is 13.5. The highest BCUT2D eigenvalue weighted by molar-refractivity contribution is 4.99. The molecule has 0 amide bonds. The van der Waals surface area contributed by atoms with E-state index in [0.29, 0.717) is 0 Å². The van der Waals surface area contributed by atoms with Crippen molar-refractivity contribution in [2.45, 2.75) is 53.4 Å². The van der Waals surface area contributed by atoms with Crippen molar-refractivity contribution in [3.63, 3.8) is 0 Å². The Morgan fingerprint density at radius 3 is 0.714 bits per heavy atom. The zero-order valence-corrected chi connectivity index (χ0v) is 9.51. The fourth-order valence-electron chi connectivity index (χ4n) is 0.942. The summed E-state index contributed by atoms with van der Waals surface area (Å²) >= 11 is 0. The average Bonchev–Trinajstić information content (AvgIpc) is 1.81. The predicted molar refractivity (Wildman–Crippen MR) is 48.8 cm³/mol. The average molecular weight is 214 g/mol. The zero-order chi connectivity index (χ0) is 12.0. The molecular formula is C10H18F4. The third-order valence-corrected chi connectivity index (χ3v) is 2.28. The molecular weight excluding hydrogens is 196 g/mol. The molecule has 4 heteroatoms. The summed E-state index contributed by atoms with van der Waals surface area (Å²) in [5.74, 6) is -8.03. The summed E-state index contributed by atoms with van der Waals surface area (Å²) in [6.07, 6.45) is 0. The first-order valence-corrected chi connectivity index (χ1v) is 4.51. The number of rotatable bonds is 1. The minimum atomic E-state index is -4.02. The molecule has 0 heterocycles. The first-order valence-electron chi connectivity index (χ1n) is 4.51. The van der Waals surface area contributed by atoms with E-state index >= 15 is 0 Å². The summed E-state index contributed by atoms with van der Waals surface area (Å²) in [5.41, 5.74) is -3.49. The molecule has 0 radical (unpaired) electrons. The summed E-state index contributed by atoms with van der Waals surface area (Å²) in [6, 6.07) is 0. The van der Waals surface area contributed by atoms with Crippen LogP contribution in [0, 0.1) is 10.8 Å². The summed E-state index contributed by atoms with van der Waals surface area (Å²) in [4.78, 5) is 0. The number of hydrogen-bond donors (Lipinski definition) is 0. The monoisotopic (exact) mass is 214 g/mol. The van der Waals surface area contributed by atoms with Crippen molar-refractivity contribution >= 4 is 0 Å². The topological polar surface area (TPSA) is 0 Å². The van der Waals surface area contributed by atoms with Gasteiger partial charge >= 0.3 is 11.8 Å². The van der Waals surface area contributed by atoms with Crippen molar-refractivity contribution in [1.82, 2.24) is 0 Å². The molecule has 0 atom stereocenters. The van der Waals surface area contributed by atoms with E-state index < -0.39 is 22.7 Å². The molecule has 0 aromatic rings. The Hall–Kier alpha value is -0.280. The van der Waals surface area contributed by atoms with Gasteiger partial charge in [-0.3, -0.25) is 0 Å². The van der Waals surface area contributed by atoms with Crippen LogP contribution in [0.3, 0.4) is 0 Å². The molecule has 0 spiro atoms. The highest BCUT2D eigenvalue weighted by Crippen LogP contribution is 2.54. The van der Waals surface area contributed by atoms with Crippen LogP contribution < -0.4 is 0 Å². The molecule has 0 fully saturated rings. The zero-order valence-electron chi connectivity index (χ0n) is 9.51. The highest BCUT2D eigenvalue weighted by Gasteiger charge is 2.67. The molecule has 0 rings (SSSR count). The van der Waals surface area contributed by atoms with Gasteiger partial charge in [0, 0.05) is 10.8 Å². The van der Waals surface area contributed by atoms with Gasteiger partial charge in [-0.15, -0.1) is 0 Å². The van der Waals surface area contributed by atoms with E-state index in [4.69, 9.17) is 0 Å². The third-order valence-electron chi connectivity index (χ3n) is 2.28. The van der Waals surface area contributed by atoms with Crippen LogP contribution in [0.4, 0.5) is 17.6 Å². The molecule has 0 aliphatic heterocycles. The molecule has 0 saturated heterocycles. The second kappa shape index (κ2) is 3.11. The van der Waals surface area contributed by atoms with E-state index in [1.807, 2.05) is 0 Å². The maximum Gasteiger partial charge on any atom is 0.315 e. The summed E-state index contributed by atoms with van der Waals surface area (Å²) < 4.78 is 53.8. The smallest absolute Gasteiger partial charge is 0.199 e. The van der Waals surface area contributed by atoms with Gasteiger partial charge in [0.05, 0.1) is 0 Å². The number of alkyl halides is 4. The van der Waals surface area contributed by atoms with E-state index in [9.17, 15) is 17.6 Å². The van der Waals surface area contributed by atoms with E-state index in [2.05, 4.69) is 0 Å². The van der Waals surface area contributed by atoms with Crippen LogP contribution >= 0.6 is 0 Å². The minimum absolute atomic E-state index is 1.12. The van der Waals surface area contributed by atoms with Gasteiger partial charge in [0.2, 0.25) is 0 Å². The second-order valence-electron chi connectivity index (χ2n) is 5.65. The molecule has 0 bridgehead atoms. The van der Waals surface area contributed by atoms with E-state index in [-0.39, 0.29) is 0 Å². The summed E-state index contributed by atoms with van der Waals surface area (Å²) in [5, 5.41) is 0. The Kier molecular flexibility index (Phi) is 3.04. The highest BCUT2D eigenvalue weighted by atomic mass is 19.3. The van der Waals surface area contributed by atoms with Gasteiger partial charge in [-0.25, -0.2) is 0 Å². The molecule has 0 saturated carbocycles. The predicted octanol–water partition coefficient (Wildman–Crippen LogP) is 4.35. The Labute approximate surface area is 82.7 Å². The molecule has 0 nitrogen and oxygen atoms in total. The lowest BCUT2D eigenvalue weighted by molar-refractivity contribution is -0.295. The summed E-state index contributed by atoms with van der Waals surface area (Å²) in [7, 11) is 0. The van der Waals surface area contributed by atoms with Crippen LogP contribution in [0.15, 0.2) is 0 Å². The Balaban J connectivity index is 5.30. The van der Waals surface area contributed by atoms with Crippen molar-refractivity contribution in [3.8, 4) is 0 Å². The van der Waals surface area contributed by atoms with Crippen molar-refractivity contribution in [2.24, 2.45) is 10.8 Å². The molecule has 0 aliphatic rings. The molecule has 86 valence electrons. The lowest BCUT2D eigenvalue weighted by atomic mass is 9.74. The van der Waals surface area contributed by atoms with Gasteiger partial charge in [0.25, 0.3) is 0 Å². The standard InChI is InChI=1S/C10H18F4/c1-7(2,3)9(11,12)10(13,14)8(4,5)6/h1-6H3. The van der Waals surface area contributed by atoms with Crippen molar-refractivity contribution in [3.05, 3.63) is 0 Å². The van der Waals surface area contributed by atoms with Crippen molar-refractivity contribution < 1.29 is 17.6 Å². The Morgan fingerprint density at radius 1 is 0.500 bits per heavy atom. The Morgan fingerprint density at radius 2 is 0.643 bits per heavy atom. The van der Waals surface area contributed by atoms with E-state index in [1.165, 1.54) is 0 Å². The first kappa shape index (κ1) is 13.7. The van der Waals surface area contributed by atoms with Crippen LogP contribution in [-0.4, -0.2) is 11.8 Å². The molecule has 14 heavy (non-hydrogen) atoms. The van der Waals surface area contributed by atoms with Crippen LogP contribution in [0.5, 0.6) is 0 Å². The number of hydrogen-bond acceptors (Lipinski definition) is 0. The van der Waals surface area contributed by atoms with Gasteiger partial charge < -0.3 is 0 Å². The van der Waals surface area contributed by atoms with Crippen LogP contribution in [0.1, 0.15) is 41.5 Å². The largest absolute Gasteiger partial charge is 0.315 e. The van der Waals surface area contributed by atoms with Gasteiger partial charge in [0.15, 0.2) is 0 Å². The number of halogens is 4. The lowest BCUT2D eigenvalue weighted by Crippen LogP contribution is -2.56. The van der Waals surface area contributed by atoms with Crippen LogP contribution in [0.25, 0.3) is 0 Å². The van der Waals surface area contributed by atoms with Crippen molar-refractivity contribution in [2.75, 3.05) is 0 Å². The van der Waals surface area contributed by atoms with Crippen molar-refractivity contribution in [1.29, 1.82) is 0 Å². The van der Waals surface area contributed by atoms with Crippen LogP contribution in [-0.2, 0) is 0 Å². The quantitative estimate of drug-likeness (QED) is 0.569. The van der Waals surface area contributed by atoms with Gasteiger partial charge in [0.1, 0.15) is 0 Å². The second-order valence-corrected chi connectivity index (χ2v) is 5.65. The van der Waals surface area contributed by atoms with E-state index in [0.717, 1.165) is 41.5 Å². The Bertz CT molecular complexity index is 181. The molecule has 0 aromatic carbocycles. The van der Waals surface area contributed by atoms with Gasteiger partial charge in [-0.1, -0.05) is 41.5 Å². The lowest BCUT2D eigenvalue weighted by Gasteiger charge is -2.42. The van der Waals surface area contributed by atoms with Crippen LogP contribution in [0.2, 0.25) is 0 Å². The third kappa shape index (κ3) is 1.89. The normalized spacial score (nSPS) is 15.9. The molecule has 0 N–H and O–H groups in total. The molecule has 0 aliphatic carbocycles. The fourth-order valence-corrected chi connectivity index (χ4v) is 0.942. The first-order chi connectivity index (χ1) is 5.75. The van der Waals surface area contributed by atoms with E-state index in [1.54, 1.807) is 0 Å².